The van der Waals surface area contributed by atoms with Crippen LogP contribution < -0.4 is 14.4 Å². The summed E-state index contributed by atoms with van der Waals surface area (Å²) >= 11 is 0. The molecule has 8 heteroatoms. The monoisotopic (exact) mass is 290 g/mol. The van der Waals surface area contributed by atoms with Gasteiger partial charge in [-0.1, -0.05) is 0 Å². The highest BCUT2D eigenvalue weighted by Crippen LogP contribution is 2.22. The number of hydrogen-bond acceptors (Lipinski definition) is 7. The van der Waals surface area contributed by atoms with Crippen molar-refractivity contribution in [3.63, 3.8) is 0 Å². The molecule has 7 nitrogen and oxygen atoms in total. The molecule has 1 aromatic rings. The van der Waals surface area contributed by atoms with Crippen LogP contribution in [0.15, 0.2) is 0 Å². The van der Waals surface area contributed by atoms with Gasteiger partial charge in [-0.3, -0.25) is 0 Å². The van der Waals surface area contributed by atoms with Crippen LogP contribution >= 0.6 is 12.4 Å². The molecule has 0 aliphatic carbocycles. The zero-order chi connectivity index (χ0) is 13.2. The molecule has 0 aromatic carbocycles. The van der Waals surface area contributed by atoms with E-state index >= 15 is 0 Å². The van der Waals surface area contributed by atoms with Crippen molar-refractivity contribution in [1.82, 2.24) is 15.0 Å². The van der Waals surface area contributed by atoms with E-state index in [1.807, 2.05) is 18.7 Å². The molecule has 0 unspecified atom stereocenters. The average Bonchev–Trinajstić information content (AvgIpc) is 2.37. The molecule has 0 spiro atoms. The van der Waals surface area contributed by atoms with Gasteiger partial charge in [0.2, 0.25) is 5.95 Å². The fraction of sp³-hybridized carbons (Fsp3) is 0.727. The lowest BCUT2D eigenvalue weighted by atomic mass is 10.1. The van der Waals surface area contributed by atoms with Crippen molar-refractivity contribution < 1.29 is 14.2 Å². The van der Waals surface area contributed by atoms with E-state index in [1.165, 1.54) is 14.2 Å². The SMILES string of the molecule is COc1nc(OC)nc(N2CCOC(C)(C)C2)n1.Cl. The highest BCUT2D eigenvalue weighted by Gasteiger charge is 2.29. The van der Waals surface area contributed by atoms with Crippen LogP contribution in [0.25, 0.3) is 0 Å². The van der Waals surface area contributed by atoms with Crippen molar-refractivity contribution in [3.8, 4) is 12.0 Å². The van der Waals surface area contributed by atoms with Crippen molar-refractivity contribution >= 4 is 18.4 Å². The normalized spacial score (nSPS) is 17.6. The first kappa shape index (κ1) is 15.7. The third-order valence-electron chi connectivity index (χ3n) is 2.66. The second-order valence-corrected chi connectivity index (χ2v) is 4.64. The predicted octanol–water partition coefficient (Wildman–Crippen LogP) is 0.926. The number of anilines is 1. The van der Waals surface area contributed by atoms with Crippen LogP contribution in [0.5, 0.6) is 12.0 Å². The Morgan fingerprint density at radius 1 is 1.11 bits per heavy atom. The van der Waals surface area contributed by atoms with Gasteiger partial charge in [0.1, 0.15) is 0 Å². The molecule has 19 heavy (non-hydrogen) atoms. The molecular weight excluding hydrogens is 272 g/mol. The Kier molecular flexibility index (Phi) is 5.13. The summed E-state index contributed by atoms with van der Waals surface area (Å²) in [7, 11) is 3.03. The maximum atomic E-state index is 5.65. The number of ether oxygens (including phenoxy) is 3. The van der Waals surface area contributed by atoms with Crippen LogP contribution in [0.4, 0.5) is 5.95 Å². The van der Waals surface area contributed by atoms with Crippen LogP contribution in [-0.2, 0) is 4.74 Å². The quantitative estimate of drug-likeness (QED) is 0.820. The summed E-state index contributed by atoms with van der Waals surface area (Å²) < 4.78 is 15.7. The van der Waals surface area contributed by atoms with Crippen LogP contribution in [-0.4, -0.2) is 54.5 Å². The number of morpholine rings is 1. The summed E-state index contributed by atoms with van der Waals surface area (Å²) in [4.78, 5) is 14.5. The summed E-state index contributed by atoms with van der Waals surface area (Å²) in [5.41, 5.74) is -0.217. The van der Waals surface area contributed by atoms with Crippen molar-refractivity contribution in [1.29, 1.82) is 0 Å². The molecule has 0 N–H and O–H groups in total. The fourth-order valence-corrected chi connectivity index (χ4v) is 1.84. The molecule has 1 saturated heterocycles. The lowest BCUT2D eigenvalue weighted by molar-refractivity contribution is -0.0282. The smallest absolute Gasteiger partial charge is 0.324 e. The van der Waals surface area contributed by atoms with E-state index in [-0.39, 0.29) is 30.0 Å². The predicted molar refractivity (Wildman–Crippen MR) is 72.4 cm³/mol. The number of hydrogen-bond donors (Lipinski definition) is 0. The van der Waals surface area contributed by atoms with E-state index in [0.717, 1.165) is 6.54 Å². The van der Waals surface area contributed by atoms with E-state index in [4.69, 9.17) is 14.2 Å². The molecule has 0 radical (unpaired) electrons. The van der Waals surface area contributed by atoms with Crippen LogP contribution in [0, 0.1) is 0 Å². The van der Waals surface area contributed by atoms with Crippen molar-refractivity contribution in [2.75, 3.05) is 38.8 Å². The molecule has 2 rings (SSSR count). The Balaban J connectivity index is 0.00000180. The molecule has 1 aliphatic rings. The van der Waals surface area contributed by atoms with Crippen molar-refractivity contribution in [2.24, 2.45) is 0 Å². The molecule has 0 bridgehead atoms. The Labute approximate surface area is 118 Å². The van der Waals surface area contributed by atoms with Gasteiger partial charge in [0.05, 0.1) is 26.4 Å². The Morgan fingerprint density at radius 2 is 1.68 bits per heavy atom. The minimum atomic E-state index is -0.217. The molecule has 0 amide bonds. The Morgan fingerprint density at radius 3 is 2.16 bits per heavy atom. The van der Waals surface area contributed by atoms with Gasteiger partial charge in [-0.15, -0.1) is 17.4 Å². The van der Waals surface area contributed by atoms with Crippen molar-refractivity contribution in [3.05, 3.63) is 0 Å². The standard InChI is InChI=1S/C11H18N4O3.ClH/c1-11(2)7-15(5-6-18-11)8-12-9(16-3)14-10(13-8)17-4;/h5-7H2,1-4H3;1H. The summed E-state index contributed by atoms with van der Waals surface area (Å²) in [5, 5.41) is 0. The number of rotatable bonds is 3. The second kappa shape index (κ2) is 6.21. The molecule has 1 aliphatic heterocycles. The van der Waals surface area contributed by atoms with Gasteiger partial charge < -0.3 is 19.1 Å². The minimum Gasteiger partial charge on any atom is -0.467 e. The maximum absolute atomic E-state index is 5.65. The summed E-state index contributed by atoms with van der Waals surface area (Å²) in [5.74, 6) is 0.551. The fourth-order valence-electron chi connectivity index (χ4n) is 1.84. The first-order valence-corrected chi connectivity index (χ1v) is 5.77. The minimum absolute atomic E-state index is 0. The van der Waals surface area contributed by atoms with Crippen molar-refractivity contribution in [2.45, 2.75) is 19.4 Å². The second-order valence-electron chi connectivity index (χ2n) is 4.64. The largest absolute Gasteiger partial charge is 0.467 e. The van der Waals surface area contributed by atoms with E-state index in [2.05, 4.69) is 15.0 Å². The van der Waals surface area contributed by atoms with Gasteiger partial charge in [-0.25, -0.2) is 0 Å². The van der Waals surface area contributed by atoms with Gasteiger partial charge in [0, 0.05) is 13.1 Å². The third-order valence-corrected chi connectivity index (χ3v) is 2.66. The first-order chi connectivity index (χ1) is 8.54. The molecule has 1 aromatic heterocycles. The Hall–Kier alpha value is -1.34. The van der Waals surface area contributed by atoms with Gasteiger partial charge in [0.15, 0.2) is 0 Å². The van der Waals surface area contributed by atoms with Gasteiger partial charge >= 0.3 is 12.0 Å². The van der Waals surface area contributed by atoms with Crippen LogP contribution in [0.1, 0.15) is 13.8 Å². The number of halogens is 1. The van der Waals surface area contributed by atoms with E-state index in [9.17, 15) is 0 Å². The molecule has 0 saturated carbocycles. The number of aromatic nitrogens is 3. The van der Waals surface area contributed by atoms with E-state index in [1.54, 1.807) is 0 Å². The summed E-state index contributed by atoms with van der Waals surface area (Å²) in [6, 6.07) is 0.502. The number of methoxy groups -OCH3 is 2. The zero-order valence-electron chi connectivity index (χ0n) is 11.5. The third kappa shape index (κ3) is 3.81. The van der Waals surface area contributed by atoms with Gasteiger partial charge in [-0.05, 0) is 13.8 Å². The number of nitrogens with zero attached hydrogens (tertiary/aromatic N) is 4. The summed E-state index contributed by atoms with van der Waals surface area (Å²) in [6.45, 7) is 6.16. The van der Waals surface area contributed by atoms with Crippen LogP contribution in [0.3, 0.4) is 0 Å². The molecule has 2 heterocycles. The maximum Gasteiger partial charge on any atom is 0.324 e. The highest BCUT2D eigenvalue weighted by molar-refractivity contribution is 5.85. The highest BCUT2D eigenvalue weighted by atomic mass is 35.5. The Bertz CT molecular complexity index is 408. The lowest BCUT2D eigenvalue weighted by Crippen LogP contribution is -2.49. The van der Waals surface area contributed by atoms with Crippen LogP contribution in [0.2, 0.25) is 0 Å². The average molecular weight is 291 g/mol. The zero-order valence-corrected chi connectivity index (χ0v) is 12.4. The van der Waals surface area contributed by atoms with E-state index in [0.29, 0.717) is 19.1 Å². The summed E-state index contributed by atoms with van der Waals surface area (Å²) in [6.07, 6.45) is 0. The molecule has 0 atom stereocenters. The topological polar surface area (TPSA) is 69.6 Å². The lowest BCUT2D eigenvalue weighted by Gasteiger charge is -2.38. The van der Waals surface area contributed by atoms with Gasteiger partial charge in [-0.2, -0.15) is 9.97 Å². The van der Waals surface area contributed by atoms with Gasteiger partial charge in [0.25, 0.3) is 0 Å². The molecule has 108 valence electrons. The molecular formula is C11H19ClN4O3. The molecule has 1 fully saturated rings. The van der Waals surface area contributed by atoms with E-state index < -0.39 is 0 Å². The first-order valence-electron chi connectivity index (χ1n) is 5.77.